The summed E-state index contributed by atoms with van der Waals surface area (Å²) in [7, 11) is 0. The molecule has 7 heteroatoms. The molecular formula is C22H20N6O. The Bertz CT molecular complexity index is 1190. The molecule has 3 aromatic heterocycles. The minimum atomic E-state index is 0.299. The molecule has 4 aromatic rings. The second kappa shape index (κ2) is 7.98. The number of imidazole rings is 1. The molecule has 0 aliphatic rings. The van der Waals surface area contributed by atoms with Gasteiger partial charge in [0, 0.05) is 18.0 Å². The van der Waals surface area contributed by atoms with Crippen molar-refractivity contribution in [1.29, 1.82) is 5.26 Å². The number of ether oxygens (including phenoxy) is 1. The molecule has 3 heterocycles. The number of nitrogens with one attached hydrogen (secondary N) is 2. The molecule has 0 aliphatic heterocycles. The number of hydrogen-bond donors (Lipinski definition) is 2. The standard InChI is InChI=1S/C22H20N6O/c1-3-29-20-7-6-15(9-14(20)2)17-10-18-22(19(11-23)26-17)28-21(27-18)13-25-16-5-4-8-24-12-16/h4-10,12,25H,3,13H2,1-2H3,(H,27,28). The van der Waals surface area contributed by atoms with E-state index in [0.29, 0.717) is 24.4 Å². The smallest absolute Gasteiger partial charge is 0.169 e. The van der Waals surface area contributed by atoms with Crippen molar-refractivity contribution in [3.63, 3.8) is 0 Å². The summed E-state index contributed by atoms with van der Waals surface area (Å²) in [6.07, 6.45) is 3.47. The zero-order chi connectivity index (χ0) is 20.2. The molecule has 0 aliphatic carbocycles. The molecule has 0 amide bonds. The van der Waals surface area contributed by atoms with E-state index in [1.54, 1.807) is 12.4 Å². The number of anilines is 1. The third-order valence-electron chi connectivity index (χ3n) is 4.52. The molecule has 2 N–H and O–H groups in total. The van der Waals surface area contributed by atoms with Crippen molar-refractivity contribution in [3.05, 3.63) is 65.9 Å². The predicted molar refractivity (Wildman–Crippen MR) is 112 cm³/mol. The lowest BCUT2D eigenvalue weighted by Gasteiger charge is -2.09. The van der Waals surface area contributed by atoms with Crippen LogP contribution in [0.1, 0.15) is 24.0 Å². The number of aromatic nitrogens is 4. The highest BCUT2D eigenvalue weighted by Crippen LogP contribution is 2.28. The van der Waals surface area contributed by atoms with Crippen molar-refractivity contribution in [2.75, 3.05) is 11.9 Å². The van der Waals surface area contributed by atoms with E-state index in [2.05, 4.69) is 31.3 Å². The molecule has 144 valence electrons. The van der Waals surface area contributed by atoms with Gasteiger partial charge in [-0.05, 0) is 55.8 Å². The van der Waals surface area contributed by atoms with Gasteiger partial charge in [-0.15, -0.1) is 0 Å². The van der Waals surface area contributed by atoms with Gasteiger partial charge in [-0.3, -0.25) is 4.98 Å². The van der Waals surface area contributed by atoms with E-state index in [1.165, 1.54) is 0 Å². The number of pyridine rings is 2. The molecule has 4 rings (SSSR count). The second-order valence-electron chi connectivity index (χ2n) is 6.56. The van der Waals surface area contributed by atoms with Gasteiger partial charge in [-0.25, -0.2) is 9.97 Å². The first-order valence-corrected chi connectivity index (χ1v) is 9.35. The maximum atomic E-state index is 9.58. The summed E-state index contributed by atoms with van der Waals surface area (Å²) in [6, 6.07) is 13.8. The fraction of sp³-hybridized carbons (Fsp3) is 0.182. The monoisotopic (exact) mass is 384 g/mol. The Balaban J connectivity index is 1.66. The number of aryl methyl sites for hydroxylation is 1. The summed E-state index contributed by atoms with van der Waals surface area (Å²) in [5, 5.41) is 12.8. The lowest BCUT2D eigenvalue weighted by molar-refractivity contribution is 0.338. The first kappa shape index (κ1) is 18.4. The Morgan fingerprint density at radius 2 is 2.10 bits per heavy atom. The van der Waals surface area contributed by atoms with Gasteiger partial charge in [-0.2, -0.15) is 5.26 Å². The Labute approximate surface area is 168 Å². The van der Waals surface area contributed by atoms with Crippen molar-refractivity contribution < 1.29 is 4.74 Å². The first-order valence-electron chi connectivity index (χ1n) is 9.35. The summed E-state index contributed by atoms with van der Waals surface area (Å²) in [5.74, 6) is 1.57. The van der Waals surface area contributed by atoms with Gasteiger partial charge in [0.1, 0.15) is 23.2 Å². The van der Waals surface area contributed by atoms with Crippen LogP contribution in [-0.4, -0.2) is 26.5 Å². The van der Waals surface area contributed by atoms with Gasteiger partial charge in [0.25, 0.3) is 0 Å². The number of rotatable bonds is 6. The summed E-state index contributed by atoms with van der Waals surface area (Å²) >= 11 is 0. The number of fused-ring (bicyclic) bond motifs is 1. The van der Waals surface area contributed by atoms with Crippen LogP contribution in [0.5, 0.6) is 5.75 Å². The van der Waals surface area contributed by atoms with Crippen LogP contribution in [0.3, 0.4) is 0 Å². The fourth-order valence-corrected chi connectivity index (χ4v) is 3.15. The fourth-order valence-electron chi connectivity index (χ4n) is 3.15. The maximum absolute atomic E-state index is 9.58. The molecule has 7 nitrogen and oxygen atoms in total. The number of H-pyrrole nitrogens is 1. The molecule has 29 heavy (non-hydrogen) atoms. The van der Waals surface area contributed by atoms with Crippen LogP contribution in [0.4, 0.5) is 5.69 Å². The molecule has 0 bridgehead atoms. The van der Waals surface area contributed by atoms with Crippen molar-refractivity contribution in [3.8, 4) is 23.1 Å². The van der Waals surface area contributed by atoms with Crippen LogP contribution < -0.4 is 10.1 Å². The Hall–Kier alpha value is -3.92. The van der Waals surface area contributed by atoms with Gasteiger partial charge < -0.3 is 15.0 Å². The molecule has 0 spiro atoms. The van der Waals surface area contributed by atoms with Crippen LogP contribution in [-0.2, 0) is 6.54 Å². The minimum absolute atomic E-state index is 0.299. The molecule has 1 aromatic carbocycles. The highest BCUT2D eigenvalue weighted by molar-refractivity contribution is 5.84. The topological polar surface area (TPSA) is 99.5 Å². The van der Waals surface area contributed by atoms with Crippen molar-refractivity contribution in [2.45, 2.75) is 20.4 Å². The Morgan fingerprint density at radius 3 is 2.83 bits per heavy atom. The van der Waals surface area contributed by atoms with Crippen LogP contribution in [0.25, 0.3) is 22.3 Å². The summed E-state index contributed by atoms with van der Waals surface area (Å²) < 4.78 is 5.61. The van der Waals surface area contributed by atoms with Crippen LogP contribution in [0.15, 0.2) is 48.8 Å². The lowest BCUT2D eigenvalue weighted by atomic mass is 10.1. The predicted octanol–water partition coefficient (Wildman–Crippen LogP) is 4.21. The van der Waals surface area contributed by atoms with Crippen LogP contribution in [0.2, 0.25) is 0 Å². The normalized spacial score (nSPS) is 10.7. The summed E-state index contributed by atoms with van der Waals surface area (Å²) in [5.41, 5.74) is 5.22. The van der Waals surface area contributed by atoms with E-state index in [0.717, 1.165) is 39.6 Å². The van der Waals surface area contributed by atoms with Crippen molar-refractivity contribution >= 4 is 16.7 Å². The maximum Gasteiger partial charge on any atom is 0.169 e. The van der Waals surface area contributed by atoms with Gasteiger partial charge in [0.15, 0.2) is 5.69 Å². The molecular weight excluding hydrogens is 364 g/mol. The largest absolute Gasteiger partial charge is 0.494 e. The zero-order valence-electron chi connectivity index (χ0n) is 16.2. The van der Waals surface area contributed by atoms with Gasteiger partial charge >= 0.3 is 0 Å². The molecule has 0 atom stereocenters. The van der Waals surface area contributed by atoms with E-state index < -0.39 is 0 Å². The highest BCUT2D eigenvalue weighted by Gasteiger charge is 2.13. The molecule has 0 saturated heterocycles. The van der Waals surface area contributed by atoms with Gasteiger partial charge in [0.05, 0.1) is 30.0 Å². The number of nitrogens with zero attached hydrogens (tertiary/aromatic N) is 4. The average Bonchev–Trinajstić information content (AvgIpc) is 3.17. The molecule has 0 fully saturated rings. The van der Waals surface area contributed by atoms with E-state index in [-0.39, 0.29) is 0 Å². The Morgan fingerprint density at radius 1 is 1.21 bits per heavy atom. The molecule has 0 unspecified atom stereocenters. The quantitative estimate of drug-likeness (QED) is 0.516. The van der Waals surface area contributed by atoms with Crippen LogP contribution in [0, 0.1) is 18.3 Å². The van der Waals surface area contributed by atoms with E-state index >= 15 is 0 Å². The van der Waals surface area contributed by atoms with E-state index in [9.17, 15) is 5.26 Å². The van der Waals surface area contributed by atoms with Gasteiger partial charge in [-0.1, -0.05) is 0 Å². The molecule has 0 radical (unpaired) electrons. The number of nitriles is 1. The third-order valence-corrected chi connectivity index (χ3v) is 4.52. The van der Waals surface area contributed by atoms with Gasteiger partial charge in [0.2, 0.25) is 0 Å². The summed E-state index contributed by atoms with van der Waals surface area (Å²) in [4.78, 5) is 16.4. The van der Waals surface area contributed by atoms with Crippen LogP contribution >= 0.6 is 0 Å². The average molecular weight is 384 g/mol. The third kappa shape index (κ3) is 3.87. The Kier molecular flexibility index (Phi) is 5.08. The number of hydrogen-bond acceptors (Lipinski definition) is 6. The first-order chi connectivity index (χ1) is 14.2. The minimum Gasteiger partial charge on any atom is -0.494 e. The van der Waals surface area contributed by atoms with E-state index in [4.69, 9.17) is 4.74 Å². The zero-order valence-corrected chi connectivity index (χ0v) is 16.2. The number of aromatic amines is 1. The lowest BCUT2D eigenvalue weighted by Crippen LogP contribution is -2.01. The second-order valence-corrected chi connectivity index (χ2v) is 6.56. The summed E-state index contributed by atoms with van der Waals surface area (Å²) in [6.45, 7) is 5.06. The van der Waals surface area contributed by atoms with E-state index in [1.807, 2.05) is 50.2 Å². The SMILES string of the molecule is CCOc1ccc(-c2cc3[nH]c(CNc4cccnc4)nc3c(C#N)n2)cc1C. The number of benzene rings is 1. The van der Waals surface area contributed by atoms with Crippen molar-refractivity contribution in [1.82, 2.24) is 19.9 Å². The van der Waals surface area contributed by atoms with Crippen molar-refractivity contribution in [2.24, 2.45) is 0 Å². The highest BCUT2D eigenvalue weighted by atomic mass is 16.5. The molecule has 0 saturated carbocycles.